The van der Waals surface area contributed by atoms with Gasteiger partial charge in [0, 0.05) is 12.2 Å². The van der Waals surface area contributed by atoms with E-state index in [0.29, 0.717) is 5.41 Å². The number of hydrogen-bond acceptors (Lipinski definition) is 1. The van der Waals surface area contributed by atoms with Crippen LogP contribution in [0.5, 0.6) is 0 Å². The maximum atomic E-state index is 3.99. The summed E-state index contributed by atoms with van der Waals surface area (Å²) in [6.07, 6.45) is 8.43. The second-order valence-electron chi connectivity index (χ2n) is 4.19. The van der Waals surface area contributed by atoms with Crippen molar-refractivity contribution in [3.8, 4) is 0 Å². The standard InChI is InChI=1S/C10H17N/c1-9-7-10(8-11-9)5-3-2-4-6-10/h11H,1-8H2. The summed E-state index contributed by atoms with van der Waals surface area (Å²) in [7, 11) is 0. The van der Waals surface area contributed by atoms with E-state index in [2.05, 4.69) is 11.9 Å². The van der Waals surface area contributed by atoms with E-state index in [0.717, 1.165) is 0 Å². The minimum Gasteiger partial charge on any atom is -0.388 e. The first-order valence-corrected chi connectivity index (χ1v) is 4.72. The maximum absolute atomic E-state index is 3.99. The molecule has 0 amide bonds. The molecular weight excluding hydrogens is 134 g/mol. The van der Waals surface area contributed by atoms with Crippen molar-refractivity contribution in [2.45, 2.75) is 38.5 Å². The summed E-state index contributed by atoms with van der Waals surface area (Å²) in [5.41, 5.74) is 1.90. The van der Waals surface area contributed by atoms with Gasteiger partial charge in [0.2, 0.25) is 0 Å². The van der Waals surface area contributed by atoms with Gasteiger partial charge >= 0.3 is 0 Å². The van der Waals surface area contributed by atoms with Crippen LogP contribution >= 0.6 is 0 Å². The Morgan fingerprint density at radius 2 is 1.91 bits per heavy atom. The third kappa shape index (κ3) is 1.29. The highest BCUT2D eigenvalue weighted by molar-refractivity contribution is 5.07. The molecule has 2 aliphatic rings. The molecule has 1 aliphatic carbocycles. The number of rotatable bonds is 0. The summed E-state index contributed by atoms with van der Waals surface area (Å²) in [5.74, 6) is 0. The van der Waals surface area contributed by atoms with E-state index in [1.165, 1.54) is 50.8 Å². The van der Waals surface area contributed by atoms with E-state index in [-0.39, 0.29) is 0 Å². The van der Waals surface area contributed by atoms with Crippen LogP contribution in [0, 0.1) is 5.41 Å². The number of allylic oxidation sites excluding steroid dienone is 1. The van der Waals surface area contributed by atoms with Crippen molar-refractivity contribution in [3.05, 3.63) is 12.3 Å². The first kappa shape index (κ1) is 7.20. The minimum atomic E-state index is 0.634. The molecule has 0 unspecified atom stereocenters. The van der Waals surface area contributed by atoms with Gasteiger partial charge in [0.1, 0.15) is 0 Å². The quantitative estimate of drug-likeness (QED) is 0.560. The van der Waals surface area contributed by atoms with Gasteiger partial charge in [-0.25, -0.2) is 0 Å². The number of hydrogen-bond donors (Lipinski definition) is 1. The van der Waals surface area contributed by atoms with Crippen molar-refractivity contribution in [2.75, 3.05) is 6.54 Å². The summed E-state index contributed by atoms with van der Waals surface area (Å²) in [4.78, 5) is 0. The molecule has 0 aromatic rings. The SMILES string of the molecule is C=C1CC2(CCCCC2)CN1. The summed E-state index contributed by atoms with van der Waals surface area (Å²) in [6.45, 7) is 5.19. The van der Waals surface area contributed by atoms with Gasteiger partial charge in [-0.05, 0) is 24.7 Å². The predicted molar refractivity (Wildman–Crippen MR) is 47.3 cm³/mol. The van der Waals surface area contributed by atoms with Gasteiger partial charge < -0.3 is 5.32 Å². The van der Waals surface area contributed by atoms with Crippen molar-refractivity contribution >= 4 is 0 Å². The molecule has 0 bridgehead atoms. The van der Waals surface area contributed by atoms with E-state index in [4.69, 9.17) is 0 Å². The average Bonchev–Trinajstić information content (AvgIpc) is 2.34. The van der Waals surface area contributed by atoms with Crippen LogP contribution in [0.25, 0.3) is 0 Å². The molecule has 0 aromatic heterocycles. The van der Waals surface area contributed by atoms with Gasteiger partial charge in [-0.15, -0.1) is 0 Å². The molecular formula is C10H17N. The zero-order valence-corrected chi connectivity index (χ0v) is 7.16. The summed E-state index contributed by atoms with van der Waals surface area (Å²) in [6, 6.07) is 0. The first-order chi connectivity index (χ1) is 5.31. The molecule has 1 saturated heterocycles. The molecule has 1 heteroatoms. The van der Waals surface area contributed by atoms with E-state index in [1.54, 1.807) is 0 Å². The van der Waals surface area contributed by atoms with Crippen LogP contribution in [0.2, 0.25) is 0 Å². The maximum Gasteiger partial charge on any atom is 0.0204 e. The Morgan fingerprint density at radius 3 is 2.45 bits per heavy atom. The van der Waals surface area contributed by atoms with Crippen LogP contribution in [0.15, 0.2) is 12.3 Å². The van der Waals surface area contributed by atoms with Crippen LogP contribution in [-0.4, -0.2) is 6.54 Å². The van der Waals surface area contributed by atoms with Crippen molar-refractivity contribution in [3.63, 3.8) is 0 Å². The van der Waals surface area contributed by atoms with Gasteiger partial charge in [-0.2, -0.15) is 0 Å². The van der Waals surface area contributed by atoms with Gasteiger partial charge in [-0.1, -0.05) is 25.8 Å². The fourth-order valence-corrected chi connectivity index (χ4v) is 2.55. The second kappa shape index (κ2) is 2.54. The highest BCUT2D eigenvalue weighted by Gasteiger charge is 2.36. The van der Waals surface area contributed by atoms with E-state index < -0.39 is 0 Å². The van der Waals surface area contributed by atoms with Crippen molar-refractivity contribution in [1.82, 2.24) is 5.32 Å². The fraction of sp³-hybridized carbons (Fsp3) is 0.800. The molecule has 0 radical (unpaired) electrons. The third-order valence-corrected chi connectivity index (χ3v) is 3.22. The highest BCUT2D eigenvalue weighted by atomic mass is 14.9. The monoisotopic (exact) mass is 151 g/mol. The van der Waals surface area contributed by atoms with Gasteiger partial charge in [0.05, 0.1) is 0 Å². The fourth-order valence-electron chi connectivity index (χ4n) is 2.55. The zero-order valence-electron chi connectivity index (χ0n) is 7.16. The van der Waals surface area contributed by atoms with Crippen LogP contribution in [-0.2, 0) is 0 Å². The lowest BCUT2D eigenvalue weighted by molar-refractivity contribution is 0.218. The molecule has 62 valence electrons. The Balaban J connectivity index is 2.03. The average molecular weight is 151 g/mol. The molecule has 2 rings (SSSR count). The predicted octanol–water partition coefficient (Wildman–Crippen LogP) is 2.44. The van der Waals surface area contributed by atoms with Gasteiger partial charge in [-0.3, -0.25) is 0 Å². The van der Waals surface area contributed by atoms with Crippen molar-refractivity contribution in [2.24, 2.45) is 5.41 Å². The Kier molecular flexibility index (Phi) is 1.67. The smallest absolute Gasteiger partial charge is 0.0204 e. The van der Waals surface area contributed by atoms with Crippen LogP contribution in [0.4, 0.5) is 0 Å². The molecule has 11 heavy (non-hydrogen) atoms. The first-order valence-electron chi connectivity index (χ1n) is 4.72. The van der Waals surface area contributed by atoms with Crippen molar-refractivity contribution < 1.29 is 0 Å². The summed E-state index contributed by atoms with van der Waals surface area (Å²) in [5, 5.41) is 3.39. The molecule has 1 nitrogen and oxygen atoms in total. The van der Waals surface area contributed by atoms with Gasteiger partial charge in [0.15, 0.2) is 0 Å². The topological polar surface area (TPSA) is 12.0 Å². The molecule has 1 aliphatic heterocycles. The Morgan fingerprint density at radius 1 is 1.18 bits per heavy atom. The van der Waals surface area contributed by atoms with Crippen LogP contribution in [0.3, 0.4) is 0 Å². The van der Waals surface area contributed by atoms with Crippen molar-refractivity contribution in [1.29, 1.82) is 0 Å². The highest BCUT2D eigenvalue weighted by Crippen LogP contribution is 2.43. The minimum absolute atomic E-state index is 0.634. The molecule has 1 N–H and O–H groups in total. The third-order valence-electron chi connectivity index (χ3n) is 3.22. The molecule has 0 aromatic carbocycles. The van der Waals surface area contributed by atoms with E-state index >= 15 is 0 Å². The van der Waals surface area contributed by atoms with E-state index in [1.807, 2.05) is 0 Å². The van der Waals surface area contributed by atoms with Crippen LogP contribution < -0.4 is 5.32 Å². The molecule has 1 spiro atoms. The lowest BCUT2D eigenvalue weighted by Crippen LogP contribution is -2.26. The largest absolute Gasteiger partial charge is 0.388 e. The normalized spacial score (nSPS) is 28.9. The molecule has 1 heterocycles. The van der Waals surface area contributed by atoms with Gasteiger partial charge in [0.25, 0.3) is 0 Å². The summed E-state index contributed by atoms with van der Waals surface area (Å²) >= 11 is 0. The molecule has 1 saturated carbocycles. The molecule has 2 fully saturated rings. The Bertz CT molecular complexity index is 166. The second-order valence-corrected chi connectivity index (χ2v) is 4.19. The van der Waals surface area contributed by atoms with E-state index in [9.17, 15) is 0 Å². The molecule has 0 atom stereocenters. The zero-order chi connectivity index (χ0) is 7.73. The summed E-state index contributed by atoms with van der Waals surface area (Å²) < 4.78 is 0. The lowest BCUT2D eigenvalue weighted by Gasteiger charge is -2.31. The number of nitrogens with one attached hydrogen (secondary N) is 1. The van der Waals surface area contributed by atoms with Crippen LogP contribution in [0.1, 0.15) is 38.5 Å². The Hall–Kier alpha value is -0.460. The Labute approximate surface area is 68.9 Å². The lowest BCUT2D eigenvalue weighted by atomic mass is 9.73.